The molecule has 117 heavy (non-hydrogen) atoms. The third kappa shape index (κ3) is 40.4. The molecule has 3 saturated heterocycles. The van der Waals surface area contributed by atoms with Gasteiger partial charge in [0.15, 0.2) is 18.9 Å². The first-order valence-corrected chi connectivity index (χ1v) is 41.1. The summed E-state index contributed by atoms with van der Waals surface area (Å²) in [5.41, 5.74) is -5.22. The molecule has 0 aromatic rings. The molecule has 35 heteroatoms. The molecule has 3 rings (SSSR count). The highest BCUT2D eigenvalue weighted by Crippen LogP contribution is 2.39. The van der Waals surface area contributed by atoms with Gasteiger partial charge in [-0.05, 0) is 87.9 Å². The van der Waals surface area contributed by atoms with Crippen molar-refractivity contribution in [1.29, 1.82) is 0 Å². The maximum absolute atomic E-state index is 14.4. The lowest BCUT2D eigenvalue weighted by Crippen LogP contribution is -2.64. The van der Waals surface area contributed by atoms with Crippen LogP contribution in [0, 0.1) is 49.7 Å². The number of rotatable bonds is 55. The van der Waals surface area contributed by atoms with E-state index < -0.39 is 173 Å². The zero-order chi connectivity index (χ0) is 88.7. The number of hydrogen-bond acceptors (Lipinski definition) is 27. The summed E-state index contributed by atoms with van der Waals surface area (Å²) in [6.07, 6.45) is -10.6. The van der Waals surface area contributed by atoms with E-state index in [0.717, 1.165) is 6.42 Å². The van der Waals surface area contributed by atoms with Crippen LogP contribution in [0.15, 0.2) is 12.3 Å². The van der Waals surface area contributed by atoms with E-state index >= 15 is 0 Å². The Hall–Kier alpha value is -5.42. The van der Waals surface area contributed by atoms with Crippen molar-refractivity contribution >= 4 is 47.3 Å². The summed E-state index contributed by atoms with van der Waals surface area (Å²) in [6.45, 7) is 35.8. The van der Waals surface area contributed by atoms with E-state index in [0.29, 0.717) is 38.3 Å². The number of ether oxygens (including phenoxy) is 10. The normalized spacial score (nSPS) is 25.2. The molecule has 3 heterocycles. The second-order valence-corrected chi connectivity index (χ2v) is 38.3. The average Bonchev–Trinajstić information content (AvgIpc) is 0.809. The molecule has 0 aromatic carbocycles. The van der Waals surface area contributed by atoms with Gasteiger partial charge in [0.05, 0.1) is 92.2 Å². The quantitative estimate of drug-likeness (QED) is 0.0300. The summed E-state index contributed by atoms with van der Waals surface area (Å²) in [4.78, 5) is 105. The van der Waals surface area contributed by atoms with Crippen molar-refractivity contribution in [3.8, 4) is 0 Å². The minimum atomic E-state index is -1.54. The Balaban J connectivity index is 1.86. The van der Waals surface area contributed by atoms with Crippen LogP contribution in [0.4, 0.5) is 0 Å². The molecule has 680 valence electrons. The van der Waals surface area contributed by atoms with Crippen LogP contribution in [-0.4, -0.2) is 303 Å². The standard InChI is InChI=1S/C82H150N8O27/c1-50(2)24-28-108-36-51(3)32-75(7,8)40-83-58(97)22-21-23-62(101)90-82(47-109-29-25-59(98)84-41-76(9,10)37-79(15,16)44-112-72-63(87-52(4)94)69(105)66(102)55(33-91)115-72,48-110-30-26-60(99)85-42-77(11,12)38-80(17,18)45-113-73-64(88-53(5)95)70(106)67(103)56(34-92)116-73)49-111-31-27-61(100)86-43-78(13,14)39-81(19,20)46-114-74-65(89-54(6)96)71(107)68(104)57(35-93)117-74/h24,28,50-51,55-57,63-74,91-93,102-107H,21-23,25-27,29-49H2,1-20H3,(H,83,97)(H,84,98)(H,85,99)(H,86,100)(H,87,94)(H,88,95)(H,89,96)(H,90,101). The van der Waals surface area contributed by atoms with E-state index in [9.17, 15) is 84.3 Å². The highest BCUT2D eigenvalue weighted by atomic mass is 16.7. The lowest BCUT2D eigenvalue weighted by Gasteiger charge is -2.43. The van der Waals surface area contributed by atoms with Gasteiger partial charge in [0.25, 0.3) is 0 Å². The fraction of sp³-hybridized carbons (Fsp3) is 0.878. The molecule has 0 radical (unpaired) electrons. The Bertz CT molecular complexity index is 2820. The van der Waals surface area contributed by atoms with Crippen molar-refractivity contribution in [2.24, 2.45) is 49.7 Å². The van der Waals surface area contributed by atoms with Crippen LogP contribution in [0.2, 0.25) is 0 Å². The van der Waals surface area contributed by atoms with Crippen LogP contribution in [0.25, 0.3) is 0 Å². The first kappa shape index (κ1) is 106. The second-order valence-electron chi connectivity index (χ2n) is 38.3. The van der Waals surface area contributed by atoms with Crippen LogP contribution >= 0.6 is 0 Å². The van der Waals surface area contributed by atoms with Gasteiger partial charge < -0.3 is 136 Å². The van der Waals surface area contributed by atoms with Gasteiger partial charge in [-0.1, -0.05) is 118 Å². The van der Waals surface area contributed by atoms with E-state index in [-0.39, 0.29) is 153 Å². The summed E-state index contributed by atoms with van der Waals surface area (Å²) in [5, 5.41) is 116. The first-order chi connectivity index (χ1) is 54.2. The molecular formula is C82H150N8O27. The molecule has 0 aromatic heterocycles. The van der Waals surface area contributed by atoms with Crippen molar-refractivity contribution in [2.75, 3.05) is 112 Å². The maximum atomic E-state index is 14.4. The maximum Gasteiger partial charge on any atom is 0.222 e. The molecule has 0 saturated carbocycles. The fourth-order valence-electron chi connectivity index (χ4n) is 15.5. The summed E-state index contributed by atoms with van der Waals surface area (Å²) in [7, 11) is 0. The van der Waals surface area contributed by atoms with Crippen LogP contribution in [0.3, 0.4) is 0 Å². The molecule has 17 N–H and O–H groups in total. The van der Waals surface area contributed by atoms with Gasteiger partial charge in [-0.3, -0.25) is 38.4 Å². The zero-order valence-corrected chi connectivity index (χ0v) is 73.4. The average molecular weight is 1680 g/mol. The summed E-state index contributed by atoms with van der Waals surface area (Å²) >= 11 is 0. The first-order valence-electron chi connectivity index (χ1n) is 41.1. The predicted molar refractivity (Wildman–Crippen MR) is 431 cm³/mol. The van der Waals surface area contributed by atoms with Crippen LogP contribution in [0.5, 0.6) is 0 Å². The van der Waals surface area contributed by atoms with Gasteiger partial charge in [-0.15, -0.1) is 0 Å². The summed E-state index contributed by atoms with van der Waals surface area (Å²) in [5.74, 6) is -2.82. The van der Waals surface area contributed by atoms with E-state index in [1.54, 1.807) is 6.26 Å². The molecule has 16 atom stereocenters. The topological polar surface area (TPSA) is 507 Å². The highest BCUT2D eigenvalue weighted by molar-refractivity contribution is 5.80. The van der Waals surface area contributed by atoms with E-state index in [1.807, 2.05) is 89.2 Å². The lowest BCUT2D eigenvalue weighted by molar-refractivity contribution is -0.276. The number of amides is 8. The molecule has 3 aliphatic rings. The van der Waals surface area contributed by atoms with Crippen molar-refractivity contribution in [2.45, 2.75) is 300 Å². The second kappa shape index (κ2) is 49.0. The minimum absolute atomic E-state index is 0.0132. The Kier molecular flexibility index (Phi) is 44.3. The van der Waals surface area contributed by atoms with Crippen molar-refractivity contribution in [3.05, 3.63) is 12.3 Å². The van der Waals surface area contributed by atoms with Gasteiger partial charge in [0.1, 0.15) is 78.6 Å². The van der Waals surface area contributed by atoms with Gasteiger partial charge in [-0.25, -0.2) is 0 Å². The van der Waals surface area contributed by atoms with E-state index in [2.05, 4.69) is 77.2 Å². The van der Waals surface area contributed by atoms with Crippen LogP contribution in [-0.2, 0) is 85.7 Å². The Labute approximate surface area is 693 Å². The molecule has 35 nitrogen and oxygen atoms in total. The third-order valence-electron chi connectivity index (χ3n) is 20.2. The number of carbonyl (C=O) groups is 8. The van der Waals surface area contributed by atoms with Crippen LogP contribution in [0.1, 0.15) is 203 Å². The van der Waals surface area contributed by atoms with Gasteiger partial charge in [0, 0.05) is 79.1 Å². The third-order valence-corrected chi connectivity index (χ3v) is 20.2. The molecule has 8 amide bonds. The Morgan fingerprint density at radius 1 is 0.393 bits per heavy atom. The molecular weight excluding hydrogens is 1530 g/mol. The Morgan fingerprint density at radius 2 is 0.684 bits per heavy atom. The number of hydrogen-bond donors (Lipinski definition) is 17. The van der Waals surface area contributed by atoms with Crippen molar-refractivity contribution in [1.82, 2.24) is 42.5 Å². The van der Waals surface area contributed by atoms with Crippen molar-refractivity contribution < 1.29 is 132 Å². The lowest BCUT2D eigenvalue weighted by atomic mass is 9.75. The SMILES string of the molecule is CC(=O)NC1C(OCC(C)(C)CC(C)(C)CNC(=O)CCOCC(COCCC(=O)NCC(C)(C)CC(C)(C)COC2OC(CO)C(O)C(O)C2NC(C)=O)(COCCC(=O)NCC(C)(C)CC(C)(C)COC2OC(CO)C(O)C(O)C2NC(C)=O)NC(=O)CCCC(=O)NCC(C)(C)CC(C)COC=CC(C)C)OC(CO)C(O)C1O. The number of aliphatic hydroxyl groups excluding tert-OH is 9. The highest BCUT2D eigenvalue weighted by Gasteiger charge is 2.50. The van der Waals surface area contributed by atoms with Gasteiger partial charge in [0.2, 0.25) is 47.3 Å². The van der Waals surface area contributed by atoms with E-state index in [1.165, 1.54) is 20.8 Å². The monoisotopic (exact) mass is 1680 g/mol. The molecule has 0 aliphatic carbocycles. The molecule has 3 fully saturated rings. The smallest absolute Gasteiger partial charge is 0.222 e. The van der Waals surface area contributed by atoms with E-state index in [4.69, 9.17) is 47.4 Å². The predicted octanol–water partition coefficient (Wildman–Crippen LogP) is 1.14. The largest absolute Gasteiger partial charge is 0.501 e. The van der Waals surface area contributed by atoms with Crippen molar-refractivity contribution in [3.63, 3.8) is 0 Å². The minimum Gasteiger partial charge on any atom is -0.501 e. The molecule has 3 aliphatic heterocycles. The van der Waals surface area contributed by atoms with Gasteiger partial charge in [-0.2, -0.15) is 0 Å². The number of carbonyl (C=O) groups excluding carboxylic acids is 8. The number of aliphatic hydroxyl groups is 9. The molecule has 16 unspecified atom stereocenters. The summed E-state index contributed by atoms with van der Waals surface area (Å²) < 4.78 is 60.3. The Morgan fingerprint density at radius 3 is 0.974 bits per heavy atom. The summed E-state index contributed by atoms with van der Waals surface area (Å²) in [6, 6.07) is -3.40. The molecule has 0 bridgehead atoms. The number of nitrogens with one attached hydrogen (secondary N) is 8. The van der Waals surface area contributed by atoms with Crippen LogP contribution < -0.4 is 42.5 Å². The zero-order valence-electron chi connectivity index (χ0n) is 73.4. The molecule has 0 spiro atoms. The van der Waals surface area contributed by atoms with Gasteiger partial charge >= 0.3 is 0 Å². The number of allylic oxidation sites excluding steroid dienone is 1. The fourth-order valence-corrected chi connectivity index (χ4v) is 15.5.